The molecule has 1 aromatic carbocycles. The number of hydrogen-bond acceptors (Lipinski definition) is 4. The Bertz CT molecular complexity index is 596. The van der Waals surface area contributed by atoms with E-state index in [1.165, 1.54) is 12.5 Å². The number of rotatable bonds is 8. The van der Waals surface area contributed by atoms with Gasteiger partial charge in [-0.3, -0.25) is 14.5 Å². The first-order valence-corrected chi connectivity index (χ1v) is 9.06. The van der Waals surface area contributed by atoms with Gasteiger partial charge in [-0.15, -0.1) is 0 Å². The summed E-state index contributed by atoms with van der Waals surface area (Å²) in [6.07, 6.45) is 4.28. The van der Waals surface area contributed by atoms with E-state index >= 15 is 0 Å². The van der Waals surface area contributed by atoms with Crippen LogP contribution in [0.15, 0.2) is 36.4 Å². The predicted octanol–water partition coefficient (Wildman–Crippen LogP) is 1.34. The number of piperazine rings is 1. The molecule has 0 spiro atoms. The van der Waals surface area contributed by atoms with Crippen LogP contribution < -0.4 is 0 Å². The lowest BCUT2D eigenvalue weighted by atomic mass is 10.2. The number of carbonyl (C=O) groups excluding carboxylic acids is 2. The lowest BCUT2D eigenvalue weighted by molar-refractivity contribution is -0.140. The molecule has 0 aliphatic carbocycles. The van der Waals surface area contributed by atoms with Crippen LogP contribution in [0.3, 0.4) is 0 Å². The van der Waals surface area contributed by atoms with Crippen molar-refractivity contribution in [2.75, 3.05) is 59.5 Å². The number of hydrogen-bond donors (Lipinski definition) is 0. The van der Waals surface area contributed by atoms with Crippen molar-refractivity contribution in [2.24, 2.45) is 0 Å². The molecule has 1 fully saturated rings. The van der Waals surface area contributed by atoms with E-state index in [0.717, 1.165) is 19.6 Å². The zero-order chi connectivity index (χ0) is 18.8. The summed E-state index contributed by atoms with van der Waals surface area (Å²) in [6, 6.07) is 10.2. The van der Waals surface area contributed by atoms with Crippen LogP contribution in [0.4, 0.5) is 0 Å². The van der Waals surface area contributed by atoms with Gasteiger partial charge in [0.2, 0.25) is 11.8 Å². The van der Waals surface area contributed by atoms with Crippen molar-refractivity contribution in [1.29, 1.82) is 0 Å². The van der Waals surface area contributed by atoms with E-state index in [4.69, 9.17) is 4.74 Å². The van der Waals surface area contributed by atoms with Crippen LogP contribution in [0.25, 0.3) is 6.08 Å². The van der Waals surface area contributed by atoms with Gasteiger partial charge in [-0.25, -0.2) is 0 Å². The van der Waals surface area contributed by atoms with Crippen LogP contribution in [-0.4, -0.2) is 86.0 Å². The van der Waals surface area contributed by atoms with Gasteiger partial charge in [0.15, 0.2) is 0 Å². The number of amides is 2. The molecular formula is C20H29N3O3. The lowest BCUT2D eigenvalue weighted by Gasteiger charge is -2.35. The fourth-order valence-corrected chi connectivity index (χ4v) is 2.89. The molecule has 6 heteroatoms. The minimum Gasteiger partial charge on any atom is -0.383 e. The molecule has 0 bridgehead atoms. The average Bonchev–Trinajstić information content (AvgIpc) is 2.66. The van der Waals surface area contributed by atoms with Gasteiger partial charge in [-0.2, -0.15) is 0 Å². The maximum absolute atomic E-state index is 12.4. The highest BCUT2D eigenvalue weighted by atomic mass is 16.5. The second-order valence-electron chi connectivity index (χ2n) is 6.43. The molecule has 0 atom stereocenters. The Morgan fingerprint density at radius 3 is 2.46 bits per heavy atom. The third kappa shape index (κ3) is 6.61. The van der Waals surface area contributed by atoms with Crippen LogP contribution in [0.2, 0.25) is 0 Å². The summed E-state index contributed by atoms with van der Waals surface area (Å²) in [7, 11) is 1.59. The molecule has 1 aliphatic rings. The van der Waals surface area contributed by atoms with Gasteiger partial charge in [-0.05, 0) is 5.56 Å². The molecule has 1 saturated heterocycles. The lowest BCUT2D eigenvalue weighted by Crippen LogP contribution is -2.51. The van der Waals surface area contributed by atoms with E-state index in [1.54, 1.807) is 12.0 Å². The monoisotopic (exact) mass is 359 g/mol. The second-order valence-corrected chi connectivity index (χ2v) is 6.43. The van der Waals surface area contributed by atoms with E-state index in [1.807, 2.05) is 23.1 Å². The van der Waals surface area contributed by atoms with Gasteiger partial charge in [0.25, 0.3) is 0 Å². The highest BCUT2D eigenvalue weighted by molar-refractivity contribution is 5.83. The largest absolute Gasteiger partial charge is 0.383 e. The molecule has 1 heterocycles. The molecule has 2 rings (SSSR count). The second kappa shape index (κ2) is 10.7. The quantitative estimate of drug-likeness (QED) is 0.703. The fourth-order valence-electron chi connectivity index (χ4n) is 2.89. The van der Waals surface area contributed by atoms with Gasteiger partial charge in [0, 0.05) is 53.3 Å². The summed E-state index contributed by atoms with van der Waals surface area (Å²) in [6.45, 7) is 6.49. The molecule has 6 nitrogen and oxygen atoms in total. The Hall–Kier alpha value is -2.18. The number of benzene rings is 1. The van der Waals surface area contributed by atoms with E-state index in [9.17, 15) is 9.59 Å². The van der Waals surface area contributed by atoms with Crippen molar-refractivity contribution < 1.29 is 14.3 Å². The first kappa shape index (κ1) is 20.1. The molecular weight excluding hydrogens is 330 g/mol. The van der Waals surface area contributed by atoms with E-state index < -0.39 is 0 Å². The van der Waals surface area contributed by atoms with Crippen molar-refractivity contribution in [2.45, 2.75) is 6.92 Å². The molecule has 0 unspecified atom stereocenters. The molecule has 0 saturated carbocycles. The highest BCUT2D eigenvalue weighted by Gasteiger charge is 2.23. The van der Waals surface area contributed by atoms with Crippen molar-refractivity contribution in [3.05, 3.63) is 42.0 Å². The maximum Gasteiger partial charge on any atom is 0.242 e. The van der Waals surface area contributed by atoms with Gasteiger partial charge >= 0.3 is 0 Å². The number of methoxy groups -OCH3 is 1. The zero-order valence-corrected chi connectivity index (χ0v) is 15.8. The summed E-state index contributed by atoms with van der Waals surface area (Å²) in [5.41, 5.74) is 1.20. The summed E-state index contributed by atoms with van der Waals surface area (Å²) in [5.74, 6) is -0.0872. The number of nitrogens with zero attached hydrogens (tertiary/aromatic N) is 3. The van der Waals surface area contributed by atoms with Crippen LogP contribution >= 0.6 is 0 Å². The molecule has 0 aromatic heterocycles. The highest BCUT2D eigenvalue weighted by Crippen LogP contribution is 2.06. The number of ether oxygens (including phenoxy) is 1. The summed E-state index contributed by atoms with van der Waals surface area (Å²) < 4.78 is 5.00. The van der Waals surface area contributed by atoms with Gasteiger partial charge in [-0.1, -0.05) is 42.5 Å². The van der Waals surface area contributed by atoms with E-state index in [0.29, 0.717) is 26.2 Å². The predicted molar refractivity (Wildman–Crippen MR) is 103 cm³/mol. The summed E-state index contributed by atoms with van der Waals surface area (Å²) in [4.78, 5) is 29.8. The van der Waals surface area contributed by atoms with Gasteiger partial charge in [0.1, 0.15) is 0 Å². The van der Waals surface area contributed by atoms with Gasteiger partial charge in [0.05, 0.1) is 13.2 Å². The Morgan fingerprint density at radius 2 is 1.85 bits per heavy atom. The van der Waals surface area contributed by atoms with Gasteiger partial charge < -0.3 is 14.5 Å². The zero-order valence-electron chi connectivity index (χ0n) is 15.8. The van der Waals surface area contributed by atoms with Crippen LogP contribution in [-0.2, 0) is 14.3 Å². The molecule has 142 valence electrons. The van der Waals surface area contributed by atoms with E-state index in [-0.39, 0.29) is 18.4 Å². The third-order valence-corrected chi connectivity index (χ3v) is 4.54. The minimum atomic E-state index is -0.0971. The Morgan fingerprint density at radius 1 is 1.15 bits per heavy atom. The van der Waals surface area contributed by atoms with Crippen molar-refractivity contribution >= 4 is 17.9 Å². The number of carbonyl (C=O) groups is 2. The first-order valence-electron chi connectivity index (χ1n) is 9.06. The smallest absolute Gasteiger partial charge is 0.242 e. The van der Waals surface area contributed by atoms with Crippen molar-refractivity contribution in [3.8, 4) is 0 Å². The maximum atomic E-state index is 12.4. The van der Waals surface area contributed by atoms with Crippen LogP contribution in [0.5, 0.6) is 0 Å². The molecule has 26 heavy (non-hydrogen) atoms. The van der Waals surface area contributed by atoms with Crippen LogP contribution in [0.1, 0.15) is 12.5 Å². The molecule has 0 N–H and O–H groups in total. The topological polar surface area (TPSA) is 53.1 Å². The minimum absolute atomic E-state index is 0.00998. The average molecular weight is 359 g/mol. The first-order chi connectivity index (χ1) is 12.6. The summed E-state index contributed by atoms with van der Waals surface area (Å²) in [5, 5.41) is 0. The Kier molecular flexibility index (Phi) is 8.31. The SMILES string of the molecule is COCCN(CC(=O)N1CCN(C/C=C/c2ccccc2)CC1)C(C)=O. The molecule has 1 aromatic rings. The van der Waals surface area contributed by atoms with Crippen molar-refractivity contribution in [1.82, 2.24) is 14.7 Å². The fraction of sp³-hybridized carbons (Fsp3) is 0.500. The Labute approximate surface area is 156 Å². The van der Waals surface area contributed by atoms with Crippen LogP contribution in [0, 0.1) is 0 Å². The van der Waals surface area contributed by atoms with Crippen molar-refractivity contribution in [3.63, 3.8) is 0 Å². The molecule has 1 aliphatic heterocycles. The normalized spacial score (nSPS) is 15.4. The Balaban J connectivity index is 1.73. The molecule has 0 radical (unpaired) electrons. The van der Waals surface area contributed by atoms with E-state index in [2.05, 4.69) is 29.2 Å². The summed E-state index contributed by atoms with van der Waals surface area (Å²) >= 11 is 0. The standard InChI is InChI=1S/C20H29N3O3/c1-18(24)23(15-16-26-2)17-20(25)22-13-11-21(12-14-22)10-6-9-19-7-4-3-5-8-19/h3-9H,10-17H2,1-2H3/b9-6+. The molecule has 2 amide bonds. The third-order valence-electron chi connectivity index (χ3n) is 4.54.